The molecular weight excluding hydrogens is 256 g/mol. The molecule has 1 fully saturated rings. The molecule has 0 spiro atoms. The van der Waals surface area contributed by atoms with E-state index in [0.717, 1.165) is 18.2 Å². The van der Waals surface area contributed by atoms with E-state index >= 15 is 0 Å². The van der Waals surface area contributed by atoms with Crippen LogP contribution in [-0.2, 0) is 4.79 Å². The molecule has 1 aromatic rings. The molecule has 8 heteroatoms. The minimum Gasteiger partial charge on any atom is -0.508 e. The Morgan fingerprint density at radius 3 is 2.47 bits per heavy atom. The summed E-state index contributed by atoms with van der Waals surface area (Å²) in [6.45, 7) is 0. The number of nitrogens with one attached hydrogen (secondary N) is 2. The number of aliphatic hydroxyl groups excluding tert-OH is 1. The maximum atomic E-state index is 11.5. The second-order valence-electron chi connectivity index (χ2n) is 3.83. The van der Waals surface area contributed by atoms with Gasteiger partial charge >= 0.3 is 6.03 Å². The van der Waals surface area contributed by atoms with Crippen molar-refractivity contribution in [2.75, 3.05) is 0 Å². The smallest absolute Gasteiger partial charge is 0.323 e. The van der Waals surface area contributed by atoms with Crippen LogP contribution in [0.4, 0.5) is 4.79 Å². The summed E-state index contributed by atoms with van der Waals surface area (Å²) in [5.41, 5.74) is -0.335. The summed E-state index contributed by atoms with van der Waals surface area (Å²) in [4.78, 5) is 22.4. The molecule has 1 heterocycles. The van der Waals surface area contributed by atoms with Crippen LogP contribution >= 0.6 is 0 Å². The molecule has 0 saturated carbocycles. The zero-order chi connectivity index (χ0) is 14.2. The largest absolute Gasteiger partial charge is 0.508 e. The van der Waals surface area contributed by atoms with Gasteiger partial charge in [0.25, 0.3) is 5.91 Å². The molecule has 1 saturated heterocycles. The van der Waals surface area contributed by atoms with Crippen LogP contribution in [-0.4, -0.2) is 38.6 Å². The first-order valence-electron chi connectivity index (χ1n) is 5.15. The van der Waals surface area contributed by atoms with Gasteiger partial charge in [-0.3, -0.25) is 10.1 Å². The number of urea groups is 1. The van der Waals surface area contributed by atoms with Gasteiger partial charge in [0.1, 0.15) is 5.75 Å². The lowest BCUT2D eigenvalue weighted by molar-refractivity contribution is -0.118. The van der Waals surface area contributed by atoms with Gasteiger partial charge in [-0.05, 0) is 12.1 Å². The maximum absolute atomic E-state index is 11.5. The molecule has 1 unspecified atom stereocenters. The monoisotopic (exact) mass is 266 g/mol. The van der Waals surface area contributed by atoms with Crippen LogP contribution in [0.5, 0.6) is 17.2 Å². The molecule has 0 aromatic heterocycles. The molecular formula is C11H10N2O6. The Morgan fingerprint density at radius 1 is 1.16 bits per heavy atom. The van der Waals surface area contributed by atoms with Gasteiger partial charge in [0.15, 0.2) is 17.7 Å². The van der Waals surface area contributed by atoms with Crippen molar-refractivity contribution in [3.05, 3.63) is 23.3 Å². The topological polar surface area (TPSA) is 139 Å². The molecule has 1 atom stereocenters. The highest BCUT2D eigenvalue weighted by atomic mass is 16.3. The summed E-state index contributed by atoms with van der Waals surface area (Å²) >= 11 is 0. The summed E-state index contributed by atoms with van der Waals surface area (Å²) < 4.78 is 0. The lowest BCUT2D eigenvalue weighted by Gasteiger charge is -2.21. The molecule has 0 aliphatic carbocycles. The number of carbonyl (C=O) groups is 2. The molecule has 3 amide bonds. The van der Waals surface area contributed by atoms with Gasteiger partial charge in [-0.15, -0.1) is 0 Å². The molecule has 100 valence electrons. The Labute approximate surface area is 106 Å². The van der Waals surface area contributed by atoms with E-state index in [1.165, 1.54) is 0 Å². The Hall–Kier alpha value is -2.74. The van der Waals surface area contributed by atoms with Crippen LogP contribution in [0.15, 0.2) is 17.7 Å². The van der Waals surface area contributed by atoms with Crippen molar-refractivity contribution >= 4 is 18.0 Å². The number of hydrogen-bond donors (Lipinski definition) is 6. The minimum absolute atomic E-state index is 0.0853. The average molecular weight is 266 g/mol. The van der Waals surface area contributed by atoms with Crippen LogP contribution in [0.25, 0.3) is 6.08 Å². The quantitative estimate of drug-likeness (QED) is 0.227. The van der Waals surface area contributed by atoms with E-state index in [0.29, 0.717) is 0 Å². The first kappa shape index (κ1) is 12.7. The number of aromatic hydroxyl groups is 3. The van der Waals surface area contributed by atoms with Gasteiger partial charge in [0, 0.05) is 11.6 Å². The third kappa shape index (κ3) is 2.43. The number of phenolic OH excluding ortho intramolecular Hbond substituents is 3. The second-order valence-corrected chi connectivity index (χ2v) is 3.83. The summed E-state index contributed by atoms with van der Waals surface area (Å²) in [6.07, 6.45) is -0.515. The average Bonchev–Trinajstić information content (AvgIpc) is 2.29. The maximum Gasteiger partial charge on any atom is 0.323 e. The van der Waals surface area contributed by atoms with Gasteiger partial charge in [0.2, 0.25) is 0 Å². The van der Waals surface area contributed by atoms with Gasteiger partial charge in [-0.1, -0.05) is 0 Å². The third-order valence-corrected chi connectivity index (χ3v) is 2.47. The fourth-order valence-corrected chi connectivity index (χ4v) is 1.59. The van der Waals surface area contributed by atoms with Crippen LogP contribution in [0.3, 0.4) is 0 Å². The molecule has 1 aliphatic rings. The van der Waals surface area contributed by atoms with Crippen molar-refractivity contribution in [3.8, 4) is 17.2 Å². The number of imide groups is 1. The van der Waals surface area contributed by atoms with E-state index in [2.05, 4.69) is 0 Å². The molecule has 8 nitrogen and oxygen atoms in total. The highest BCUT2D eigenvalue weighted by molar-refractivity contribution is 6.09. The third-order valence-electron chi connectivity index (χ3n) is 2.47. The first-order chi connectivity index (χ1) is 8.88. The molecule has 0 bridgehead atoms. The predicted molar refractivity (Wildman–Crippen MR) is 62.1 cm³/mol. The SMILES string of the molecule is O=C1NC(=O)C(=Cc2cc(O)cc(O)c2O)C(O)N1. The van der Waals surface area contributed by atoms with Gasteiger partial charge in [-0.25, -0.2) is 4.79 Å². The highest BCUT2D eigenvalue weighted by Crippen LogP contribution is 2.34. The van der Waals surface area contributed by atoms with Crippen LogP contribution in [0.2, 0.25) is 0 Å². The zero-order valence-electron chi connectivity index (χ0n) is 9.41. The molecule has 0 radical (unpaired) electrons. The summed E-state index contributed by atoms with van der Waals surface area (Å²) in [7, 11) is 0. The normalized spacial score (nSPS) is 21.1. The van der Waals surface area contributed by atoms with Gasteiger partial charge < -0.3 is 25.7 Å². The molecule has 2 rings (SSSR count). The summed E-state index contributed by atoms with van der Waals surface area (Å²) in [5, 5.41) is 41.6. The Kier molecular flexibility index (Phi) is 3.01. The van der Waals surface area contributed by atoms with Crippen molar-refractivity contribution in [1.82, 2.24) is 10.6 Å². The van der Waals surface area contributed by atoms with Gasteiger partial charge in [0.05, 0.1) is 5.57 Å². The number of carbonyl (C=O) groups excluding carboxylic acids is 2. The second kappa shape index (κ2) is 4.50. The number of hydrogen-bond acceptors (Lipinski definition) is 6. The van der Waals surface area contributed by atoms with Crippen LogP contribution in [0, 0.1) is 0 Å². The van der Waals surface area contributed by atoms with Crippen molar-refractivity contribution in [2.24, 2.45) is 0 Å². The fourth-order valence-electron chi connectivity index (χ4n) is 1.59. The Bertz CT molecular complexity index is 595. The zero-order valence-corrected chi connectivity index (χ0v) is 9.41. The minimum atomic E-state index is -1.55. The molecule has 1 aromatic carbocycles. The number of rotatable bonds is 1. The standard InChI is InChI=1S/C11H10N2O6/c14-5-1-4(8(16)7(15)3-5)2-6-9(17)12-11(19)13-10(6)18/h1-3,9,14-17H,(H2,12,13,18,19). The molecule has 6 N–H and O–H groups in total. The van der Waals surface area contributed by atoms with Crippen molar-refractivity contribution < 1.29 is 30.0 Å². The molecule has 19 heavy (non-hydrogen) atoms. The van der Waals surface area contributed by atoms with Gasteiger partial charge in [-0.2, -0.15) is 0 Å². The number of benzene rings is 1. The van der Waals surface area contributed by atoms with E-state index in [1.54, 1.807) is 0 Å². The Balaban J connectivity index is 2.46. The number of phenols is 3. The highest BCUT2D eigenvalue weighted by Gasteiger charge is 2.28. The predicted octanol–water partition coefficient (Wildman–Crippen LogP) is -0.655. The van der Waals surface area contributed by atoms with E-state index in [1.807, 2.05) is 10.6 Å². The Morgan fingerprint density at radius 2 is 1.84 bits per heavy atom. The van der Waals surface area contributed by atoms with Crippen molar-refractivity contribution in [1.29, 1.82) is 0 Å². The van der Waals surface area contributed by atoms with E-state index < -0.39 is 29.7 Å². The van der Waals surface area contributed by atoms with Crippen molar-refractivity contribution in [2.45, 2.75) is 6.23 Å². The fraction of sp³-hybridized carbons (Fsp3) is 0.0909. The van der Waals surface area contributed by atoms with Crippen LogP contribution in [0.1, 0.15) is 5.56 Å². The lowest BCUT2D eigenvalue weighted by atomic mass is 10.1. The van der Waals surface area contributed by atoms with E-state index in [9.17, 15) is 30.0 Å². The summed E-state index contributed by atoms with van der Waals surface area (Å²) in [6, 6.07) is 1.15. The first-order valence-corrected chi connectivity index (χ1v) is 5.15. The van der Waals surface area contributed by atoms with Crippen LogP contribution < -0.4 is 10.6 Å². The van der Waals surface area contributed by atoms with E-state index in [-0.39, 0.29) is 16.9 Å². The lowest BCUT2D eigenvalue weighted by Crippen LogP contribution is -2.53. The number of amides is 3. The number of aliphatic hydroxyl groups is 1. The summed E-state index contributed by atoms with van der Waals surface area (Å²) in [5.74, 6) is -2.33. The van der Waals surface area contributed by atoms with E-state index in [4.69, 9.17) is 0 Å². The molecule has 1 aliphatic heterocycles. The van der Waals surface area contributed by atoms with Crippen molar-refractivity contribution in [3.63, 3.8) is 0 Å².